The van der Waals surface area contributed by atoms with Crippen LogP contribution in [0.1, 0.15) is 79.0 Å². The quantitative estimate of drug-likeness (QED) is 0.283. The van der Waals surface area contributed by atoms with Gasteiger partial charge in [0.15, 0.2) is 12.0 Å². The Kier molecular flexibility index (Phi) is 7.08. The van der Waals surface area contributed by atoms with Crippen molar-refractivity contribution >= 4 is 16.7 Å². The number of benzene rings is 1. The maximum Gasteiger partial charge on any atom is 0.240 e. The van der Waals surface area contributed by atoms with Gasteiger partial charge in [-0.1, -0.05) is 6.92 Å². The van der Waals surface area contributed by atoms with Gasteiger partial charge in [-0.05, 0) is 84.1 Å². The molecule has 1 saturated heterocycles. The molecule has 1 aliphatic rings. The second-order valence-electron chi connectivity index (χ2n) is 9.14. The zero-order chi connectivity index (χ0) is 22.8. The van der Waals surface area contributed by atoms with E-state index in [-0.39, 0.29) is 6.23 Å². The first-order chi connectivity index (χ1) is 14.6. The summed E-state index contributed by atoms with van der Waals surface area (Å²) in [4.78, 5) is 11.7. The van der Waals surface area contributed by atoms with Crippen molar-refractivity contribution in [2.24, 2.45) is 0 Å². The molecule has 2 heterocycles. The van der Waals surface area contributed by atoms with Crippen LogP contribution in [0.15, 0.2) is 23.8 Å². The van der Waals surface area contributed by atoms with E-state index in [0.717, 1.165) is 36.8 Å². The van der Waals surface area contributed by atoms with Crippen LogP contribution in [-0.2, 0) is 19.2 Å². The number of nitrogens with zero attached hydrogens (tertiary/aromatic N) is 2. The molecular weight excluding hydrogens is 399 g/mol. The summed E-state index contributed by atoms with van der Waals surface area (Å²) < 4.78 is 27.8. The third kappa shape index (κ3) is 4.78. The number of aromatic nitrogens is 2. The van der Waals surface area contributed by atoms with Crippen molar-refractivity contribution in [1.82, 2.24) is 9.78 Å². The molecule has 0 bridgehead atoms. The average Bonchev–Trinajstić information content (AvgIpc) is 3.10. The van der Waals surface area contributed by atoms with Gasteiger partial charge in [0.1, 0.15) is 5.60 Å². The van der Waals surface area contributed by atoms with E-state index in [1.165, 1.54) is 0 Å². The van der Waals surface area contributed by atoms with Gasteiger partial charge in [0.2, 0.25) is 5.95 Å². The Labute approximate surface area is 184 Å². The van der Waals surface area contributed by atoms with Crippen LogP contribution in [0.2, 0.25) is 0 Å². The Bertz CT molecular complexity index is 942. The highest BCUT2D eigenvalue weighted by atomic mass is 19.1. The van der Waals surface area contributed by atoms with Crippen molar-refractivity contribution in [2.45, 2.75) is 84.7 Å². The van der Waals surface area contributed by atoms with E-state index in [0.29, 0.717) is 23.3 Å². The molecule has 0 radical (unpaired) electrons. The van der Waals surface area contributed by atoms with Crippen LogP contribution < -0.4 is 0 Å². The molecule has 31 heavy (non-hydrogen) atoms. The molecule has 1 unspecified atom stereocenters. The summed E-state index contributed by atoms with van der Waals surface area (Å²) in [5, 5.41) is 4.57. The van der Waals surface area contributed by atoms with Gasteiger partial charge in [-0.2, -0.15) is 9.28 Å². The van der Waals surface area contributed by atoms with Gasteiger partial charge in [-0.25, -0.2) is 4.68 Å². The van der Waals surface area contributed by atoms with Crippen LogP contribution in [0.5, 0.6) is 0 Å². The molecule has 7 heteroatoms. The molecule has 0 saturated carbocycles. The van der Waals surface area contributed by atoms with E-state index in [4.69, 9.17) is 19.2 Å². The summed E-state index contributed by atoms with van der Waals surface area (Å²) in [6.45, 7) is 12.4. The lowest BCUT2D eigenvalue weighted by Gasteiger charge is -2.38. The molecule has 0 spiro atoms. The van der Waals surface area contributed by atoms with E-state index in [2.05, 4.69) is 5.10 Å². The number of fused-ring (bicyclic) bond motifs is 1. The number of hydrogen-bond donors (Lipinski definition) is 0. The van der Waals surface area contributed by atoms with Crippen molar-refractivity contribution < 1.29 is 23.6 Å². The molecule has 1 aromatic heterocycles. The molecule has 1 aromatic carbocycles. The molecular formula is C24H35FN2O4. The number of allylic oxidation sites excluding steroid dienone is 1. The smallest absolute Gasteiger partial charge is 0.240 e. The van der Waals surface area contributed by atoms with E-state index >= 15 is 0 Å². The first kappa shape index (κ1) is 23.7. The van der Waals surface area contributed by atoms with Gasteiger partial charge >= 0.3 is 0 Å². The molecule has 1 atom stereocenters. The Balaban J connectivity index is 1.94. The highest BCUT2D eigenvalue weighted by Gasteiger charge is 2.40. The van der Waals surface area contributed by atoms with Crippen LogP contribution in [0, 0.1) is 5.95 Å². The third-order valence-corrected chi connectivity index (χ3v) is 6.56. The van der Waals surface area contributed by atoms with Crippen molar-refractivity contribution in [2.75, 3.05) is 13.7 Å². The summed E-state index contributed by atoms with van der Waals surface area (Å²) in [7, 11) is 1.64. The van der Waals surface area contributed by atoms with Crippen molar-refractivity contribution in [3.05, 3.63) is 35.3 Å². The van der Waals surface area contributed by atoms with Crippen LogP contribution in [0.4, 0.5) is 4.39 Å². The molecule has 2 aromatic rings. The monoisotopic (exact) mass is 434 g/mol. The number of ether oxygens (including phenoxy) is 2. The Hall–Kier alpha value is -1.96. The number of hydrogen-bond acceptors (Lipinski definition) is 5. The first-order valence-corrected chi connectivity index (χ1v) is 11.0. The first-order valence-electron chi connectivity index (χ1n) is 11.0. The number of methoxy groups -OCH3 is 1. The maximum atomic E-state index is 14.8. The standard InChI is InChI=1S/C24H35FN2O4/c1-8-16(2)21(30-31-24(5,6)23(3,4)28-7)17-12-13-19-18(15-17)22(25)26-27(19)20-11-9-10-14-29-20/h12-13,15,20H,8-11,14H2,1-7H3/b21-16+. The fraction of sp³-hybridized carbons (Fsp3) is 0.625. The fourth-order valence-electron chi connectivity index (χ4n) is 3.40. The minimum absolute atomic E-state index is 0.226. The number of halogens is 1. The lowest BCUT2D eigenvalue weighted by atomic mass is 9.89. The lowest BCUT2D eigenvalue weighted by molar-refractivity contribution is -0.344. The predicted octanol–water partition coefficient (Wildman–Crippen LogP) is 6.17. The van der Waals surface area contributed by atoms with Gasteiger partial charge in [0.05, 0.1) is 16.5 Å². The molecule has 0 N–H and O–H groups in total. The zero-order valence-electron chi connectivity index (χ0n) is 19.8. The SMILES string of the molecule is CC/C(C)=C(/OOC(C)(C)C(C)(C)OC)c1ccc2c(c1)c(F)nn2C1CCCCO1. The summed E-state index contributed by atoms with van der Waals surface area (Å²) in [6.07, 6.45) is 3.45. The molecule has 0 amide bonds. The molecule has 3 rings (SSSR count). The average molecular weight is 435 g/mol. The van der Waals surface area contributed by atoms with E-state index in [9.17, 15) is 4.39 Å². The van der Waals surface area contributed by atoms with Gasteiger partial charge in [-0.3, -0.25) is 0 Å². The summed E-state index contributed by atoms with van der Waals surface area (Å²) in [6, 6.07) is 5.55. The van der Waals surface area contributed by atoms with Gasteiger partial charge in [-0.15, -0.1) is 5.10 Å². The molecule has 6 nitrogen and oxygen atoms in total. The Morgan fingerprint density at radius 2 is 1.97 bits per heavy atom. The topological polar surface area (TPSA) is 54.7 Å². The van der Waals surface area contributed by atoms with Crippen LogP contribution in [0.3, 0.4) is 0 Å². The molecule has 0 aliphatic carbocycles. The second kappa shape index (κ2) is 9.27. The van der Waals surface area contributed by atoms with E-state index in [1.54, 1.807) is 17.9 Å². The van der Waals surface area contributed by atoms with Crippen LogP contribution in [-0.4, -0.2) is 34.7 Å². The summed E-state index contributed by atoms with van der Waals surface area (Å²) in [5.41, 5.74) is 1.15. The third-order valence-electron chi connectivity index (χ3n) is 6.56. The zero-order valence-corrected chi connectivity index (χ0v) is 19.8. The predicted molar refractivity (Wildman–Crippen MR) is 119 cm³/mol. The summed E-state index contributed by atoms with van der Waals surface area (Å²) >= 11 is 0. The minimum Gasteiger partial charge on any atom is -0.376 e. The Morgan fingerprint density at radius 1 is 1.23 bits per heavy atom. The van der Waals surface area contributed by atoms with Crippen molar-refractivity contribution in [3.8, 4) is 0 Å². The number of rotatable bonds is 8. The highest BCUT2D eigenvalue weighted by molar-refractivity contribution is 5.83. The van der Waals surface area contributed by atoms with Crippen molar-refractivity contribution in [1.29, 1.82) is 0 Å². The fourth-order valence-corrected chi connectivity index (χ4v) is 3.40. The van der Waals surface area contributed by atoms with Crippen LogP contribution >= 0.6 is 0 Å². The molecule has 1 fully saturated rings. The lowest BCUT2D eigenvalue weighted by Crippen LogP contribution is -2.48. The van der Waals surface area contributed by atoms with E-state index < -0.39 is 17.1 Å². The Morgan fingerprint density at radius 3 is 2.58 bits per heavy atom. The van der Waals surface area contributed by atoms with E-state index in [1.807, 2.05) is 53.7 Å². The molecule has 172 valence electrons. The normalized spacial score (nSPS) is 18.9. The van der Waals surface area contributed by atoms with Gasteiger partial charge in [0, 0.05) is 19.3 Å². The minimum atomic E-state index is -0.723. The molecule has 1 aliphatic heterocycles. The largest absolute Gasteiger partial charge is 0.376 e. The van der Waals surface area contributed by atoms with Gasteiger partial charge < -0.3 is 14.4 Å². The van der Waals surface area contributed by atoms with Crippen LogP contribution in [0.25, 0.3) is 16.7 Å². The maximum absolute atomic E-state index is 14.8. The summed E-state index contributed by atoms with van der Waals surface area (Å²) in [5.74, 6) is 0.0618. The second-order valence-corrected chi connectivity index (χ2v) is 9.14. The van der Waals surface area contributed by atoms with Crippen molar-refractivity contribution in [3.63, 3.8) is 0 Å². The van der Waals surface area contributed by atoms with Gasteiger partial charge in [0.25, 0.3) is 0 Å². The highest BCUT2D eigenvalue weighted by Crippen LogP contribution is 2.34.